The van der Waals surface area contributed by atoms with Crippen LogP contribution < -0.4 is 20.9 Å². The second kappa shape index (κ2) is 8.99. The highest BCUT2D eigenvalue weighted by atomic mass is 16.5. The first-order valence-corrected chi connectivity index (χ1v) is 7.84. The Kier molecular flexibility index (Phi) is 6.68. The highest BCUT2D eigenvalue weighted by molar-refractivity contribution is 5.82. The van der Waals surface area contributed by atoms with Crippen LogP contribution in [0.5, 0.6) is 11.5 Å². The molecule has 0 aliphatic carbocycles. The summed E-state index contributed by atoms with van der Waals surface area (Å²) in [5.41, 5.74) is 11.3. The monoisotopic (exact) mass is 319 g/mol. The molecular formula is C16H25N5O2. The minimum absolute atomic E-state index is 0.0779. The van der Waals surface area contributed by atoms with Gasteiger partial charge in [0.1, 0.15) is 6.61 Å². The second-order valence-electron chi connectivity index (χ2n) is 5.43. The minimum Gasteiger partial charge on any atom is -0.493 e. The van der Waals surface area contributed by atoms with E-state index >= 15 is 0 Å². The number of nitrogens with zero attached hydrogens (tertiary/aromatic N) is 3. The number of guanidine groups is 1. The number of hydrogen-bond donors (Lipinski definition) is 2. The van der Waals surface area contributed by atoms with Gasteiger partial charge in [-0.25, -0.2) is 0 Å². The number of nitrogens with two attached hydrogens (primary N) is 2. The summed E-state index contributed by atoms with van der Waals surface area (Å²) in [5.74, 6) is 1.31. The smallest absolute Gasteiger partial charge is 0.211 e. The summed E-state index contributed by atoms with van der Waals surface area (Å²) in [4.78, 5) is 2.44. The quantitative estimate of drug-likeness (QED) is 0.446. The molecule has 0 spiro atoms. The van der Waals surface area contributed by atoms with Gasteiger partial charge in [-0.05, 0) is 49.7 Å². The maximum atomic E-state index is 5.85. The number of piperidine rings is 1. The number of benzene rings is 1. The van der Waals surface area contributed by atoms with Gasteiger partial charge in [0.25, 0.3) is 0 Å². The van der Waals surface area contributed by atoms with Gasteiger partial charge in [-0.2, -0.15) is 5.10 Å². The van der Waals surface area contributed by atoms with Crippen molar-refractivity contribution in [1.82, 2.24) is 4.90 Å². The van der Waals surface area contributed by atoms with E-state index in [9.17, 15) is 0 Å². The molecule has 1 aliphatic heterocycles. The molecule has 1 saturated heterocycles. The average Bonchev–Trinajstić information content (AvgIpc) is 2.56. The highest BCUT2D eigenvalue weighted by Crippen LogP contribution is 2.27. The lowest BCUT2D eigenvalue weighted by atomic mass is 10.1. The number of hydrogen-bond acceptors (Lipinski definition) is 5. The largest absolute Gasteiger partial charge is 0.493 e. The lowest BCUT2D eigenvalue weighted by Crippen LogP contribution is -2.33. The van der Waals surface area contributed by atoms with Crippen LogP contribution in [0, 0.1) is 0 Å². The topological polar surface area (TPSA) is 98.5 Å². The molecule has 0 atom stereocenters. The van der Waals surface area contributed by atoms with Crippen molar-refractivity contribution in [2.75, 3.05) is 33.4 Å². The Hall–Kier alpha value is -2.28. The summed E-state index contributed by atoms with van der Waals surface area (Å²) in [5, 5.41) is 7.34. The Labute approximate surface area is 137 Å². The van der Waals surface area contributed by atoms with E-state index in [0.717, 1.165) is 17.9 Å². The lowest BCUT2D eigenvalue weighted by Gasteiger charge is -2.26. The Morgan fingerprint density at radius 3 is 2.70 bits per heavy atom. The standard InChI is InChI=1S/C16H25N5O2/c1-22-15-11-13(12-19-20-16(17)18)5-6-14(15)23-10-9-21-7-3-2-4-8-21/h5-6,11-12H,2-4,7-10H2,1H3,(H4,17,18,20). The van der Waals surface area contributed by atoms with E-state index in [2.05, 4.69) is 15.1 Å². The van der Waals surface area contributed by atoms with E-state index in [4.69, 9.17) is 20.9 Å². The highest BCUT2D eigenvalue weighted by Gasteiger charge is 2.10. The molecule has 0 radical (unpaired) electrons. The average molecular weight is 319 g/mol. The normalized spacial score (nSPS) is 15.5. The Balaban J connectivity index is 1.90. The molecule has 1 aromatic rings. The van der Waals surface area contributed by atoms with Crippen LogP contribution in [0.4, 0.5) is 0 Å². The van der Waals surface area contributed by atoms with Crippen LogP contribution in [0.2, 0.25) is 0 Å². The molecule has 0 saturated carbocycles. The van der Waals surface area contributed by atoms with Crippen LogP contribution >= 0.6 is 0 Å². The van der Waals surface area contributed by atoms with E-state index in [1.807, 2.05) is 18.2 Å². The second-order valence-corrected chi connectivity index (χ2v) is 5.43. The van der Waals surface area contributed by atoms with Crippen LogP contribution in [0.3, 0.4) is 0 Å². The molecule has 23 heavy (non-hydrogen) atoms. The predicted octanol–water partition coefficient (Wildman–Crippen LogP) is 1.17. The zero-order chi connectivity index (χ0) is 16.5. The molecule has 1 heterocycles. The fourth-order valence-corrected chi connectivity index (χ4v) is 2.51. The fraction of sp³-hybridized carbons (Fsp3) is 0.500. The van der Waals surface area contributed by atoms with Gasteiger partial charge in [-0.3, -0.25) is 4.90 Å². The Bertz CT molecular complexity index is 549. The molecule has 126 valence electrons. The summed E-state index contributed by atoms with van der Waals surface area (Å²) in [6.45, 7) is 3.93. The van der Waals surface area contributed by atoms with Gasteiger partial charge >= 0.3 is 0 Å². The zero-order valence-electron chi connectivity index (χ0n) is 13.6. The molecule has 1 aliphatic rings. The molecule has 2 rings (SSSR count). The molecule has 7 heteroatoms. The summed E-state index contributed by atoms with van der Waals surface area (Å²) >= 11 is 0. The van der Waals surface area contributed by atoms with Crippen molar-refractivity contribution in [2.45, 2.75) is 19.3 Å². The first-order valence-electron chi connectivity index (χ1n) is 7.84. The van der Waals surface area contributed by atoms with E-state index in [1.54, 1.807) is 13.3 Å². The molecule has 4 N–H and O–H groups in total. The van der Waals surface area contributed by atoms with Crippen LogP contribution in [-0.4, -0.2) is 50.4 Å². The van der Waals surface area contributed by atoms with Crippen LogP contribution in [0.1, 0.15) is 24.8 Å². The molecule has 0 amide bonds. The number of methoxy groups -OCH3 is 1. The van der Waals surface area contributed by atoms with Crippen molar-refractivity contribution >= 4 is 12.2 Å². The maximum Gasteiger partial charge on any atom is 0.211 e. The summed E-state index contributed by atoms with van der Waals surface area (Å²) < 4.78 is 11.2. The molecule has 0 unspecified atom stereocenters. The first-order chi connectivity index (χ1) is 11.2. The fourth-order valence-electron chi connectivity index (χ4n) is 2.51. The SMILES string of the molecule is COc1cc(C=NN=C(N)N)ccc1OCCN1CCCCC1. The Morgan fingerprint density at radius 1 is 1.22 bits per heavy atom. The van der Waals surface area contributed by atoms with Crippen molar-refractivity contribution in [3.63, 3.8) is 0 Å². The van der Waals surface area contributed by atoms with Crippen molar-refractivity contribution in [3.05, 3.63) is 23.8 Å². The van der Waals surface area contributed by atoms with Gasteiger partial charge < -0.3 is 20.9 Å². The number of ether oxygens (including phenoxy) is 2. The van der Waals surface area contributed by atoms with Crippen molar-refractivity contribution in [3.8, 4) is 11.5 Å². The van der Waals surface area contributed by atoms with E-state index in [1.165, 1.54) is 32.4 Å². The van der Waals surface area contributed by atoms with Gasteiger partial charge in [0, 0.05) is 6.54 Å². The summed E-state index contributed by atoms with van der Waals surface area (Å²) in [7, 11) is 1.61. The molecule has 1 fully saturated rings. The van der Waals surface area contributed by atoms with E-state index in [0.29, 0.717) is 12.4 Å². The Morgan fingerprint density at radius 2 is 2.00 bits per heavy atom. The molecule has 0 bridgehead atoms. The first kappa shape index (κ1) is 17.1. The van der Waals surface area contributed by atoms with Crippen LogP contribution in [-0.2, 0) is 0 Å². The summed E-state index contributed by atoms with van der Waals surface area (Å²) in [6, 6.07) is 5.58. The molecule has 1 aromatic carbocycles. The van der Waals surface area contributed by atoms with E-state index in [-0.39, 0.29) is 5.96 Å². The van der Waals surface area contributed by atoms with E-state index < -0.39 is 0 Å². The summed E-state index contributed by atoms with van der Waals surface area (Å²) in [6.07, 6.45) is 5.47. The van der Waals surface area contributed by atoms with Crippen LogP contribution in [0.25, 0.3) is 0 Å². The number of rotatable bonds is 7. The van der Waals surface area contributed by atoms with Gasteiger partial charge in [0.15, 0.2) is 11.5 Å². The van der Waals surface area contributed by atoms with Gasteiger partial charge in [0.2, 0.25) is 5.96 Å². The van der Waals surface area contributed by atoms with Crippen molar-refractivity contribution in [2.24, 2.45) is 21.7 Å². The van der Waals surface area contributed by atoms with Crippen molar-refractivity contribution in [1.29, 1.82) is 0 Å². The molecule has 0 aromatic heterocycles. The number of likely N-dealkylation sites (tertiary alicyclic amines) is 1. The van der Waals surface area contributed by atoms with Gasteiger partial charge in [-0.1, -0.05) is 6.42 Å². The predicted molar refractivity (Wildman–Crippen MR) is 92.2 cm³/mol. The lowest BCUT2D eigenvalue weighted by molar-refractivity contribution is 0.180. The maximum absolute atomic E-state index is 5.85. The third-order valence-corrected chi connectivity index (χ3v) is 3.68. The third kappa shape index (κ3) is 5.78. The van der Waals surface area contributed by atoms with Gasteiger partial charge in [0.05, 0.1) is 13.3 Å². The molecular weight excluding hydrogens is 294 g/mol. The van der Waals surface area contributed by atoms with Crippen molar-refractivity contribution < 1.29 is 9.47 Å². The van der Waals surface area contributed by atoms with Crippen LogP contribution in [0.15, 0.2) is 28.4 Å². The zero-order valence-corrected chi connectivity index (χ0v) is 13.6. The third-order valence-electron chi connectivity index (χ3n) is 3.68. The minimum atomic E-state index is -0.0779. The van der Waals surface area contributed by atoms with Gasteiger partial charge in [-0.15, -0.1) is 5.10 Å². The molecule has 7 nitrogen and oxygen atoms in total.